The summed E-state index contributed by atoms with van der Waals surface area (Å²) in [5.41, 5.74) is 0.464. The first-order valence-electron chi connectivity index (χ1n) is 11.8. The van der Waals surface area contributed by atoms with Crippen molar-refractivity contribution in [2.75, 3.05) is 37.5 Å². The molecule has 3 N–H and O–H groups in total. The average molecular weight is 567 g/mol. The van der Waals surface area contributed by atoms with Crippen molar-refractivity contribution in [1.29, 1.82) is 0 Å². The Morgan fingerprint density at radius 1 is 0.875 bits per heavy atom. The van der Waals surface area contributed by atoms with Crippen LogP contribution in [0.1, 0.15) is 10.6 Å². The van der Waals surface area contributed by atoms with E-state index in [2.05, 4.69) is 20.0 Å². The Hall–Kier alpha value is -4.88. The minimum atomic E-state index is -4.24. The summed E-state index contributed by atoms with van der Waals surface area (Å²) < 4.78 is 50.9. The summed E-state index contributed by atoms with van der Waals surface area (Å²) in [6.07, 6.45) is 0. The predicted octanol–water partition coefficient (Wildman–Crippen LogP) is 3.71. The number of nitrogens with zero attached hydrogens (tertiary/aromatic N) is 2. The van der Waals surface area contributed by atoms with Crippen LogP contribution in [0, 0.1) is 0 Å². The first-order valence-corrected chi connectivity index (χ1v) is 13.3. The summed E-state index contributed by atoms with van der Waals surface area (Å²) in [4.78, 5) is 21.3. The van der Waals surface area contributed by atoms with Crippen molar-refractivity contribution in [3.8, 4) is 28.9 Å². The van der Waals surface area contributed by atoms with E-state index in [1.54, 1.807) is 54.6 Å². The largest absolute Gasteiger partial charge is 0.497 e. The molecular formula is C27H26N4O8S. The Morgan fingerprint density at radius 2 is 1.57 bits per heavy atom. The van der Waals surface area contributed by atoms with Crippen molar-refractivity contribution >= 4 is 27.4 Å². The van der Waals surface area contributed by atoms with Crippen molar-refractivity contribution < 1.29 is 37.3 Å². The van der Waals surface area contributed by atoms with Gasteiger partial charge >= 0.3 is 0 Å². The number of ether oxygens (including phenoxy) is 4. The van der Waals surface area contributed by atoms with Gasteiger partial charge in [-0.1, -0.05) is 24.3 Å². The van der Waals surface area contributed by atoms with Crippen molar-refractivity contribution in [3.63, 3.8) is 0 Å². The van der Waals surface area contributed by atoms with Gasteiger partial charge in [0, 0.05) is 11.8 Å². The predicted molar refractivity (Wildman–Crippen MR) is 146 cm³/mol. The van der Waals surface area contributed by atoms with Gasteiger partial charge in [0.05, 0.1) is 25.7 Å². The molecule has 208 valence electrons. The molecule has 0 atom stereocenters. The van der Waals surface area contributed by atoms with Crippen LogP contribution in [-0.4, -0.2) is 56.8 Å². The van der Waals surface area contributed by atoms with Crippen molar-refractivity contribution in [2.24, 2.45) is 0 Å². The van der Waals surface area contributed by atoms with E-state index >= 15 is 0 Å². The zero-order valence-corrected chi connectivity index (χ0v) is 22.3. The highest BCUT2D eigenvalue weighted by atomic mass is 32.2. The molecule has 13 heteroatoms. The molecule has 0 bridgehead atoms. The van der Waals surface area contributed by atoms with Gasteiger partial charge in [0.25, 0.3) is 21.8 Å². The molecule has 0 aliphatic carbocycles. The lowest BCUT2D eigenvalue weighted by molar-refractivity contribution is 0.101. The number of aliphatic hydroxyl groups is 1. The minimum Gasteiger partial charge on any atom is -0.497 e. The van der Waals surface area contributed by atoms with Crippen LogP contribution in [0.2, 0.25) is 0 Å². The number of nitrogens with one attached hydrogen (secondary N) is 2. The lowest BCUT2D eigenvalue weighted by atomic mass is 10.3. The number of rotatable bonds is 12. The monoisotopic (exact) mass is 566 g/mol. The molecule has 12 nitrogen and oxygen atoms in total. The van der Waals surface area contributed by atoms with Gasteiger partial charge in [0.1, 0.15) is 23.9 Å². The first-order chi connectivity index (χ1) is 19.3. The fourth-order valence-corrected chi connectivity index (χ4v) is 4.37. The van der Waals surface area contributed by atoms with E-state index in [1.165, 1.54) is 38.5 Å². The van der Waals surface area contributed by atoms with Crippen LogP contribution in [0.4, 0.5) is 11.5 Å². The van der Waals surface area contributed by atoms with Crippen molar-refractivity contribution in [3.05, 3.63) is 84.7 Å². The molecule has 0 aliphatic rings. The molecule has 0 saturated heterocycles. The highest BCUT2D eigenvalue weighted by molar-refractivity contribution is 7.92. The second kappa shape index (κ2) is 12.8. The van der Waals surface area contributed by atoms with Gasteiger partial charge in [0.2, 0.25) is 11.6 Å². The first kappa shape index (κ1) is 28.1. The van der Waals surface area contributed by atoms with Gasteiger partial charge in [0.15, 0.2) is 5.82 Å². The van der Waals surface area contributed by atoms with E-state index in [9.17, 15) is 18.3 Å². The number of carbonyl (C=O) groups excluding carboxylic acids is 1. The summed E-state index contributed by atoms with van der Waals surface area (Å²) in [5.74, 6) is -0.881. The second-order valence-electron chi connectivity index (χ2n) is 7.98. The summed E-state index contributed by atoms with van der Waals surface area (Å²) in [7, 11) is -1.30. The maximum atomic E-state index is 13.3. The molecule has 3 aromatic carbocycles. The van der Waals surface area contributed by atoms with Crippen molar-refractivity contribution in [2.45, 2.75) is 4.90 Å². The maximum Gasteiger partial charge on any atom is 0.293 e. The van der Waals surface area contributed by atoms with Gasteiger partial charge in [-0.3, -0.25) is 9.52 Å². The molecule has 0 aliphatic heterocycles. The summed E-state index contributed by atoms with van der Waals surface area (Å²) in [6.45, 7) is -0.614. The third-order valence-electron chi connectivity index (χ3n) is 5.26. The van der Waals surface area contributed by atoms with E-state index in [0.717, 1.165) is 0 Å². The molecule has 0 spiro atoms. The molecule has 0 unspecified atom stereocenters. The molecule has 40 heavy (non-hydrogen) atoms. The van der Waals surface area contributed by atoms with Crippen LogP contribution >= 0.6 is 0 Å². The molecule has 0 radical (unpaired) electrons. The Bertz CT molecular complexity index is 1570. The summed E-state index contributed by atoms with van der Waals surface area (Å²) in [6, 6.07) is 20.7. The van der Waals surface area contributed by atoms with Gasteiger partial charge in [-0.15, -0.1) is 0 Å². The van der Waals surface area contributed by atoms with Gasteiger partial charge in [-0.25, -0.2) is 13.4 Å². The third kappa shape index (κ3) is 6.95. The van der Waals surface area contributed by atoms with Crippen LogP contribution in [0.15, 0.2) is 83.8 Å². The van der Waals surface area contributed by atoms with Gasteiger partial charge in [-0.05, 0) is 48.5 Å². The lowest BCUT2D eigenvalue weighted by Crippen LogP contribution is -2.21. The van der Waals surface area contributed by atoms with Crippen LogP contribution < -0.4 is 29.0 Å². The highest BCUT2D eigenvalue weighted by Crippen LogP contribution is 2.38. The van der Waals surface area contributed by atoms with Crippen LogP contribution in [-0.2, 0) is 10.0 Å². The van der Waals surface area contributed by atoms with Crippen LogP contribution in [0.25, 0.3) is 0 Å². The number of aromatic nitrogens is 2. The number of hydrogen-bond acceptors (Lipinski definition) is 10. The number of methoxy groups -OCH3 is 2. The molecular weight excluding hydrogens is 540 g/mol. The molecule has 0 saturated carbocycles. The number of aliphatic hydroxyl groups excluding tert-OH is 1. The number of para-hydroxylation sites is 1. The number of hydrogen-bond donors (Lipinski definition) is 3. The number of benzene rings is 3. The Kier molecular flexibility index (Phi) is 8.99. The Labute approximate surface area is 230 Å². The van der Waals surface area contributed by atoms with E-state index in [1.807, 2.05) is 0 Å². The SMILES string of the molecule is COc1ccc(S(=O)(=O)Nc2nc(C(=O)Nc3ccccc3)nc(OCCO)c2Oc2cccc(OC)c2)cc1. The zero-order chi connectivity index (χ0) is 28.5. The number of sulfonamides is 1. The molecule has 4 rings (SSSR count). The average Bonchev–Trinajstić information content (AvgIpc) is 2.97. The van der Waals surface area contributed by atoms with Crippen molar-refractivity contribution in [1.82, 2.24) is 9.97 Å². The van der Waals surface area contributed by atoms with Gasteiger partial charge in [-0.2, -0.15) is 4.98 Å². The molecule has 1 amide bonds. The fraction of sp³-hybridized carbons (Fsp3) is 0.148. The fourth-order valence-electron chi connectivity index (χ4n) is 3.36. The standard InChI is InChI=1S/C27H26N4O8S/c1-36-19-11-13-22(14-12-19)40(34,35)31-24-23(39-21-10-6-9-20(17-21)37-2)27(38-16-15-32)30-25(29-24)26(33)28-18-7-4-3-5-8-18/h3-14,17,32H,15-16H2,1-2H3,(H,28,33)(H,29,30,31). The maximum absolute atomic E-state index is 13.3. The summed E-state index contributed by atoms with van der Waals surface area (Å²) >= 11 is 0. The molecule has 0 fully saturated rings. The molecule has 1 aromatic heterocycles. The second-order valence-corrected chi connectivity index (χ2v) is 9.67. The molecule has 1 heterocycles. The van der Waals surface area contributed by atoms with E-state index in [-0.39, 0.29) is 41.3 Å². The normalized spacial score (nSPS) is 10.9. The minimum absolute atomic E-state index is 0.104. The zero-order valence-electron chi connectivity index (χ0n) is 21.5. The number of carbonyl (C=O) groups is 1. The third-order valence-corrected chi connectivity index (χ3v) is 6.62. The Balaban J connectivity index is 1.81. The number of amides is 1. The lowest BCUT2D eigenvalue weighted by Gasteiger charge is -2.17. The van der Waals surface area contributed by atoms with Crippen LogP contribution in [0.3, 0.4) is 0 Å². The van der Waals surface area contributed by atoms with E-state index in [4.69, 9.17) is 18.9 Å². The molecule has 4 aromatic rings. The smallest absolute Gasteiger partial charge is 0.293 e. The van der Waals surface area contributed by atoms with Crippen LogP contribution in [0.5, 0.6) is 28.9 Å². The van der Waals surface area contributed by atoms with E-state index < -0.39 is 21.8 Å². The number of anilines is 2. The highest BCUT2D eigenvalue weighted by Gasteiger charge is 2.26. The quantitative estimate of drug-likeness (QED) is 0.231. The summed E-state index contributed by atoms with van der Waals surface area (Å²) in [5, 5.41) is 12.0. The Morgan fingerprint density at radius 3 is 2.25 bits per heavy atom. The van der Waals surface area contributed by atoms with E-state index in [0.29, 0.717) is 17.2 Å². The van der Waals surface area contributed by atoms with Gasteiger partial charge < -0.3 is 29.4 Å². The topological polar surface area (TPSA) is 158 Å².